The Kier molecular flexibility index (Phi) is 6.32. The van der Waals surface area contributed by atoms with Crippen molar-refractivity contribution in [2.24, 2.45) is 5.41 Å². The lowest BCUT2D eigenvalue weighted by atomic mass is 9.44. The summed E-state index contributed by atoms with van der Waals surface area (Å²) >= 11 is 0. The van der Waals surface area contributed by atoms with Gasteiger partial charge in [-0.15, -0.1) is 0 Å². The lowest BCUT2D eigenvalue weighted by Gasteiger charge is -2.65. The average molecular weight is 477 g/mol. The fourth-order valence-electron chi connectivity index (χ4n) is 6.17. The summed E-state index contributed by atoms with van der Waals surface area (Å²) in [5.74, 6) is -2.30. The number of phenolic OH excluding ortho intramolecular Hbond substituents is 1. The summed E-state index contributed by atoms with van der Waals surface area (Å²) in [5.41, 5.74) is -2.33. The fourth-order valence-corrected chi connectivity index (χ4v) is 6.17. The molecule has 1 aromatic rings. The first-order valence-corrected chi connectivity index (χ1v) is 11.2. The van der Waals surface area contributed by atoms with E-state index in [4.69, 9.17) is 14.2 Å². The minimum atomic E-state index is -1.63. The number of carbonyl (C=O) groups excluding carboxylic acids is 4. The van der Waals surface area contributed by atoms with E-state index in [0.29, 0.717) is 23.8 Å². The monoisotopic (exact) mass is 476 g/mol. The van der Waals surface area contributed by atoms with Crippen LogP contribution in [0.4, 0.5) is 0 Å². The van der Waals surface area contributed by atoms with Crippen molar-refractivity contribution in [1.29, 1.82) is 0 Å². The van der Waals surface area contributed by atoms with Gasteiger partial charge in [-0.1, -0.05) is 13.8 Å². The van der Waals surface area contributed by atoms with E-state index < -0.39 is 52.7 Å². The Morgan fingerprint density at radius 2 is 1.53 bits per heavy atom. The molecular formula is C25H32O9. The maximum atomic E-state index is 12.4. The zero-order valence-electron chi connectivity index (χ0n) is 20.6. The molecule has 1 saturated carbocycles. The number of ether oxygens (including phenoxy) is 3. The molecule has 0 heterocycles. The number of rotatable bonds is 4. The molecule has 34 heavy (non-hydrogen) atoms. The number of aldehydes is 1. The average Bonchev–Trinajstić information content (AvgIpc) is 2.70. The third kappa shape index (κ3) is 3.48. The predicted octanol–water partition coefficient (Wildman–Crippen LogP) is 2.28. The molecule has 0 aromatic heterocycles. The van der Waals surface area contributed by atoms with Gasteiger partial charge in [-0.2, -0.15) is 0 Å². The maximum Gasteiger partial charge on any atom is 0.303 e. The van der Waals surface area contributed by atoms with Gasteiger partial charge in [0.2, 0.25) is 0 Å². The van der Waals surface area contributed by atoms with Gasteiger partial charge in [-0.3, -0.25) is 19.2 Å². The van der Waals surface area contributed by atoms with E-state index >= 15 is 0 Å². The highest BCUT2D eigenvalue weighted by atomic mass is 16.6. The molecule has 2 aliphatic rings. The minimum absolute atomic E-state index is 0.140. The van der Waals surface area contributed by atoms with Crippen molar-refractivity contribution in [3.63, 3.8) is 0 Å². The number of aliphatic hydroxyl groups is 1. The Morgan fingerprint density at radius 3 is 2.03 bits per heavy atom. The Hall–Kier alpha value is -2.94. The Bertz CT molecular complexity index is 1060. The molecular weight excluding hydrogens is 444 g/mol. The highest BCUT2D eigenvalue weighted by molar-refractivity contribution is 5.83. The quantitative estimate of drug-likeness (QED) is 0.381. The van der Waals surface area contributed by atoms with Crippen molar-refractivity contribution in [2.75, 3.05) is 0 Å². The van der Waals surface area contributed by atoms with Crippen LogP contribution in [-0.2, 0) is 40.4 Å². The van der Waals surface area contributed by atoms with Crippen molar-refractivity contribution in [2.45, 2.75) is 90.6 Å². The van der Waals surface area contributed by atoms with Crippen LogP contribution in [-0.4, -0.2) is 58.3 Å². The molecule has 0 aliphatic heterocycles. The van der Waals surface area contributed by atoms with E-state index in [9.17, 15) is 29.4 Å². The molecule has 1 fully saturated rings. The second kappa shape index (κ2) is 8.37. The molecule has 0 spiro atoms. The van der Waals surface area contributed by atoms with E-state index in [0.717, 1.165) is 5.56 Å². The van der Waals surface area contributed by atoms with Crippen LogP contribution in [0.5, 0.6) is 5.75 Å². The van der Waals surface area contributed by atoms with Crippen molar-refractivity contribution < 1.29 is 43.6 Å². The molecule has 0 radical (unpaired) electrons. The lowest BCUT2D eigenvalue weighted by Crippen LogP contribution is -2.78. The minimum Gasteiger partial charge on any atom is -0.507 e. The number of carbonyl (C=O) groups is 4. The van der Waals surface area contributed by atoms with Crippen LogP contribution >= 0.6 is 0 Å². The number of hydrogen-bond donors (Lipinski definition) is 2. The number of aromatic hydroxyl groups is 1. The largest absolute Gasteiger partial charge is 0.507 e. The molecule has 1 aromatic carbocycles. The maximum absolute atomic E-state index is 12.4. The topological polar surface area (TPSA) is 136 Å². The molecule has 2 N–H and O–H groups in total. The van der Waals surface area contributed by atoms with Gasteiger partial charge in [0.05, 0.1) is 16.6 Å². The van der Waals surface area contributed by atoms with Gasteiger partial charge in [0, 0.05) is 26.2 Å². The van der Waals surface area contributed by atoms with Crippen molar-refractivity contribution in [1.82, 2.24) is 0 Å². The van der Waals surface area contributed by atoms with Crippen molar-refractivity contribution in [3.05, 3.63) is 28.3 Å². The van der Waals surface area contributed by atoms with E-state index in [1.54, 1.807) is 27.7 Å². The van der Waals surface area contributed by atoms with Gasteiger partial charge in [0.25, 0.3) is 0 Å². The molecule has 5 unspecified atom stereocenters. The predicted molar refractivity (Wildman–Crippen MR) is 119 cm³/mol. The molecule has 9 heteroatoms. The van der Waals surface area contributed by atoms with Crippen molar-refractivity contribution in [3.8, 4) is 5.75 Å². The summed E-state index contributed by atoms with van der Waals surface area (Å²) in [6.07, 6.45) is -2.55. The summed E-state index contributed by atoms with van der Waals surface area (Å²) in [6, 6.07) is 1.40. The first-order chi connectivity index (χ1) is 15.6. The number of phenols is 1. The Labute approximate surface area is 198 Å². The second-order valence-corrected chi connectivity index (χ2v) is 10.00. The summed E-state index contributed by atoms with van der Waals surface area (Å²) in [5, 5.41) is 23.0. The van der Waals surface area contributed by atoms with Crippen LogP contribution in [0.1, 0.15) is 75.0 Å². The van der Waals surface area contributed by atoms with Gasteiger partial charge in [0.15, 0.2) is 24.6 Å². The van der Waals surface area contributed by atoms with E-state index in [-0.39, 0.29) is 17.7 Å². The molecule has 5 atom stereocenters. The number of benzene rings is 1. The van der Waals surface area contributed by atoms with Gasteiger partial charge < -0.3 is 24.4 Å². The van der Waals surface area contributed by atoms with Gasteiger partial charge in [-0.25, -0.2) is 0 Å². The Balaban J connectivity index is 2.41. The summed E-state index contributed by atoms with van der Waals surface area (Å²) in [7, 11) is 0. The second-order valence-electron chi connectivity index (χ2n) is 10.00. The zero-order valence-corrected chi connectivity index (χ0v) is 20.6. The van der Waals surface area contributed by atoms with E-state index in [1.807, 2.05) is 0 Å². The summed E-state index contributed by atoms with van der Waals surface area (Å²) in [4.78, 5) is 48.0. The van der Waals surface area contributed by atoms with E-state index in [2.05, 4.69) is 0 Å². The zero-order chi connectivity index (χ0) is 25.8. The van der Waals surface area contributed by atoms with Crippen LogP contribution in [0.3, 0.4) is 0 Å². The van der Waals surface area contributed by atoms with Gasteiger partial charge >= 0.3 is 17.9 Å². The molecule has 3 rings (SSSR count). The van der Waals surface area contributed by atoms with Crippen LogP contribution in [0.15, 0.2) is 6.07 Å². The third-order valence-corrected chi connectivity index (χ3v) is 7.84. The molecule has 9 nitrogen and oxygen atoms in total. The molecule has 0 saturated heterocycles. The van der Waals surface area contributed by atoms with Crippen LogP contribution in [0.2, 0.25) is 0 Å². The fraction of sp³-hybridized carbons (Fsp3) is 0.600. The molecule has 0 bridgehead atoms. The van der Waals surface area contributed by atoms with Crippen molar-refractivity contribution >= 4 is 24.2 Å². The summed E-state index contributed by atoms with van der Waals surface area (Å²) in [6.45, 7) is 10.4. The number of hydrogen-bond acceptors (Lipinski definition) is 9. The SMILES string of the molecule is CC(=O)OC1C(OC(C)=O)C(C)(C)C2(O)CCc3c(cc(O)c(C=O)c3C)C2(C)C1OC(C)=O. The van der Waals surface area contributed by atoms with Crippen LogP contribution < -0.4 is 0 Å². The smallest absolute Gasteiger partial charge is 0.303 e. The summed E-state index contributed by atoms with van der Waals surface area (Å²) < 4.78 is 16.9. The molecule has 186 valence electrons. The van der Waals surface area contributed by atoms with Gasteiger partial charge in [-0.05, 0) is 49.4 Å². The number of fused-ring (bicyclic) bond motifs is 3. The third-order valence-electron chi connectivity index (χ3n) is 7.84. The van der Waals surface area contributed by atoms with Gasteiger partial charge in [0.1, 0.15) is 5.75 Å². The first-order valence-electron chi connectivity index (χ1n) is 11.2. The first kappa shape index (κ1) is 25.7. The standard InChI is InChI=1S/C25H32O9/c1-12-16-8-9-25(31)23(5,6)21(33-14(3)28)20(32-13(2)27)22(34-15(4)29)24(25,7)18(16)10-19(30)17(12)11-26/h10-11,20-22,30-31H,8-9H2,1-7H3. The normalized spacial score (nSPS) is 31.5. The lowest BCUT2D eigenvalue weighted by molar-refractivity contribution is -0.284. The highest BCUT2D eigenvalue weighted by Crippen LogP contribution is 2.62. The number of esters is 3. The van der Waals surface area contributed by atoms with Crippen LogP contribution in [0, 0.1) is 12.3 Å². The molecule has 2 aliphatic carbocycles. The van der Waals surface area contributed by atoms with E-state index in [1.165, 1.54) is 26.8 Å². The highest BCUT2D eigenvalue weighted by Gasteiger charge is 2.73. The molecule has 0 amide bonds. The Morgan fingerprint density at radius 1 is 1.00 bits per heavy atom. The van der Waals surface area contributed by atoms with Crippen LogP contribution in [0.25, 0.3) is 0 Å².